The third-order valence-electron chi connectivity index (χ3n) is 4.05. The molecule has 2 fully saturated rings. The number of fused-ring (bicyclic) bond motifs is 1. The highest BCUT2D eigenvalue weighted by Crippen LogP contribution is 2.32. The van der Waals surface area contributed by atoms with Crippen LogP contribution in [0.1, 0.15) is 24.8 Å². The summed E-state index contributed by atoms with van der Waals surface area (Å²) in [4.78, 5) is 2.27. The molecule has 1 N–H and O–H groups in total. The fourth-order valence-electron chi connectivity index (χ4n) is 3.23. The quantitative estimate of drug-likeness (QED) is 0.803. The molecule has 1 aromatic carbocycles. The highest BCUT2D eigenvalue weighted by Gasteiger charge is 2.35. The largest absolute Gasteiger partial charge is 0.363 e. The van der Waals surface area contributed by atoms with E-state index in [1.807, 2.05) is 19.1 Å². The van der Waals surface area contributed by atoms with E-state index in [9.17, 15) is 4.39 Å². The summed E-state index contributed by atoms with van der Waals surface area (Å²) in [7, 11) is 0. The number of benzene rings is 1. The van der Waals surface area contributed by atoms with Gasteiger partial charge < -0.3 is 10.2 Å². The van der Waals surface area contributed by atoms with Gasteiger partial charge in [-0.05, 0) is 43.9 Å². The molecule has 92 valence electrons. The van der Waals surface area contributed by atoms with Crippen molar-refractivity contribution in [2.75, 3.05) is 18.0 Å². The Morgan fingerprint density at radius 2 is 2.24 bits per heavy atom. The first-order valence-corrected chi connectivity index (χ1v) is 6.52. The molecular weight excluding hydrogens is 215 g/mol. The second-order valence-corrected chi connectivity index (χ2v) is 5.21. The van der Waals surface area contributed by atoms with E-state index in [-0.39, 0.29) is 5.82 Å². The van der Waals surface area contributed by atoms with Crippen LogP contribution in [0, 0.1) is 12.7 Å². The highest BCUT2D eigenvalue weighted by atomic mass is 19.1. The van der Waals surface area contributed by atoms with Crippen molar-refractivity contribution < 1.29 is 4.39 Å². The minimum Gasteiger partial charge on any atom is -0.363 e. The maximum atomic E-state index is 14.0. The minimum absolute atomic E-state index is 0.0717. The number of hydrogen-bond donors (Lipinski definition) is 1. The van der Waals surface area contributed by atoms with E-state index in [2.05, 4.69) is 10.2 Å². The Labute approximate surface area is 102 Å². The molecule has 0 amide bonds. The fraction of sp³-hybridized carbons (Fsp3) is 0.571. The summed E-state index contributed by atoms with van der Waals surface area (Å²) in [6, 6.07) is 6.63. The average molecular weight is 234 g/mol. The van der Waals surface area contributed by atoms with Crippen molar-refractivity contribution in [2.45, 2.75) is 38.3 Å². The SMILES string of the molecule is Cc1ccc(N2CCNC3CCCC32)c(F)c1. The smallest absolute Gasteiger partial charge is 0.146 e. The van der Waals surface area contributed by atoms with Gasteiger partial charge in [0.25, 0.3) is 0 Å². The van der Waals surface area contributed by atoms with Gasteiger partial charge in [-0.1, -0.05) is 6.07 Å². The summed E-state index contributed by atoms with van der Waals surface area (Å²) < 4.78 is 14.0. The average Bonchev–Trinajstić information content (AvgIpc) is 2.77. The maximum Gasteiger partial charge on any atom is 0.146 e. The second kappa shape index (κ2) is 4.30. The summed E-state index contributed by atoms with van der Waals surface area (Å²) in [6.45, 7) is 3.82. The van der Waals surface area contributed by atoms with Crippen molar-refractivity contribution in [3.8, 4) is 0 Å². The molecular formula is C14H19FN2. The van der Waals surface area contributed by atoms with Gasteiger partial charge in [-0.3, -0.25) is 0 Å². The van der Waals surface area contributed by atoms with Crippen LogP contribution < -0.4 is 10.2 Å². The van der Waals surface area contributed by atoms with Gasteiger partial charge >= 0.3 is 0 Å². The fourth-order valence-corrected chi connectivity index (χ4v) is 3.23. The lowest BCUT2D eigenvalue weighted by atomic mass is 10.1. The van der Waals surface area contributed by atoms with Gasteiger partial charge in [0.2, 0.25) is 0 Å². The van der Waals surface area contributed by atoms with Crippen LogP contribution in [0.15, 0.2) is 18.2 Å². The molecule has 0 bridgehead atoms. The number of hydrogen-bond acceptors (Lipinski definition) is 2. The van der Waals surface area contributed by atoms with Crippen LogP contribution in [-0.2, 0) is 0 Å². The zero-order valence-electron chi connectivity index (χ0n) is 10.2. The molecule has 3 heteroatoms. The molecule has 2 unspecified atom stereocenters. The summed E-state index contributed by atoms with van der Waals surface area (Å²) in [6.07, 6.45) is 3.67. The molecule has 1 heterocycles. The van der Waals surface area contributed by atoms with Crippen LogP contribution in [0.4, 0.5) is 10.1 Å². The Kier molecular flexibility index (Phi) is 2.79. The molecule has 0 aromatic heterocycles. The number of nitrogens with zero attached hydrogens (tertiary/aromatic N) is 1. The van der Waals surface area contributed by atoms with E-state index >= 15 is 0 Å². The topological polar surface area (TPSA) is 15.3 Å². The predicted octanol–water partition coefficient (Wildman–Crippen LogP) is 2.46. The number of halogens is 1. The normalized spacial score (nSPS) is 28.2. The molecule has 3 rings (SSSR count). The van der Waals surface area contributed by atoms with Crippen LogP contribution in [0.3, 0.4) is 0 Å². The highest BCUT2D eigenvalue weighted by molar-refractivity contribution is 5.51. The van der Waals surface area contributed by atoms with Crippen molar-refractivity contribution in [3.63, 3.8) is 0 Å². The van der Waals surface area contributed by atoms with Crippen molar-refractivity contribution in [1.29, 1.82) is 0 Å². The van der Waals surface area contributed by atoms with Crippen molar-refractivity contribution >= 4 is 5.69 Å². The third kappa shape index (κ3) is 1.93. The van der Waals surface area contributed by atoms with Gasteiger partial charge in [0.05, 0.1) is 5.69 Å². The first-order valence-electron chi connectivity index (χ1n) is 6.52. The van der Waals surface area contributed by atoms with E-state index in [4.69, 9.17) is 0 Å². The summed E-state index contributed by atoms with van der Waals surface area (Å²) in [5.41, 5.74) is 1.78. The number of nitrogens with one attached hydrogen (secondary N) is 1. The molecule has 0 spiro atoms. The second-order valence-electron chi connectivity index (χ2n) is 5.21. The molecule has 1 aliphatic carbocycles. The zero-order valence-corrected chi connectivity index (χ0v) is 10.2. The van der Waals surface area contributed by atoms with Crippen LogP contribution >= 0.6 is 0 Å². The summed E-state index contributed by atoms with van der Waals surface area (Å²) in [5, 5.41) is 3.55. The van der Waals surface area contributed by atoms with Crippen molar-refractivity contribution in [2.24, 2.45) is 0 Å². The van der Waals surface area contributed by atoms with Gasteiger partial charge in [-0.25, -0.2) is 4.39 Å². The van der Waals surface area contributed by atoms with Gasteiger partial charge in [-0.15, -0.1) is 0 Å². The molecule has 1 aromatic rings. The first kappa shape index (κ1) is 11.0. The van der Waals surface area contributed by atoms with E-state index < -0.39 is 0 Å². The molecule has 17 heavy (non-hydrogen) atoms. The van der Waals surface area contributed by atoms with E-state index in [0.29, 0.717) is 12.1 Å². The molecule has 1 aliphatic heterocycles. The van der Waals surface area contributed by atoms with Gasteiger partial charge in [-0.2, -0.15) is 0 Å². The zero-order chi connectivity index (χ0) is 11.8. The van der Waals surface area contributed by atoms with E-state index in [1.54, 1.807) is 6.07 Å². The van der Waals surface area contributed by atoms with Crippen LogP contribution in [0.25, 0.3) is 0 Å². The Morgan fingerprint density at radius 3 is 3.06 bits per heavy atom. The first-order chi connectivity index (χ1) is 8.25. The number of aryl methyl sites for hydroxylation is 1. The molecule has 0 radical (unpaired) electrons. The molecule has 1 saturated heterocycles. The van der Waals surface area contributed by atoms with E-state index in [0.717, 1.165) is 24.3 Å². The lowest BCUT2D eigenvalue weighted by molar-refractivity contribution is 0.400. The Morgan fingerprint density at radius 1 is 1.35 bits per heavy atom. The van der Waals surface area contributed by atoms with Crippen molar-refractivity contribution in [1.82, 2.24) is 5.32 Å². The lowest BCUT2D eigenvalue weighted by Gasteiger charge is -2.40. The minimum atomic E-state index is -0.0717. The van der Waals surface area contributed by atoms with Gasteiger partial charge in [0.15, 0.2) is 0 Å². The van der Waals surface area contributed by atoms with Crippen molar-refractivity contribution in [3.05, 3.63) is 29.6 Å². The van der Waals surface area contributed by atoms with Crippen LogP contribution in [0.2, 0.25) is 0 Å². The number of anilines is 1. The maximum absolute atomic E-state index is 14.0. The third-order valence-corrected chi connectivity index (χ3v) is 4.05. The Bertz CT molecular complexity index is 419. The lowest BCUT2D eigenvalue weighted by Crippen LogP contribution is -2.55. The monoisotopic (exact) mass is 234 g/mol. The van der Waals surface area contributed by atoms with Gasteiger partial charge in [0.1, 0.15) is 5.82 Å². The van der Waals surface area contributed by atoms with Crippen LogP contribution in [-0.4, -0.2) is 25.2 Å². The predicted molar refractivity (Wildman–Crippen MR) is 67.9 cm³/mol. The summed E-state index contributed by atoms with van der Waals surface area (Å²) in [5.74, 6) is -0.0717. The van der Waals surface area contributed by atoms with Crippen LogP contribution in [0.5, 0.6) is 0 Å². The number of rotatable bonds is 1. The Balaban J connectivity index is 1.91. The Hall–Kier alpha value is -1.09. The number of piperazine rings is 1. The molecule has 2 aliphatic rings. The molecule has 2 nitrogen and oxygen atoms in total. The summed E-state index contributed by atoms with van der Waals surface area (Å²) >= 11 is 0. The molecule has 1 saturated carbocycles. The standard InChI is InChI=1S/C14H19FN2/c1-10-5-6-13(11(15)9-10)17-8-7-16-12-3-2-4-14(12)17/h5-6,9,12,14,16H,2-4,7-8H2,1H3. The van der Waals surface area contributed by atoms with E-state index in [1.165, 1.54) is 19.3 Å². The molecule has 2 atom stereocenters. The van der Waals surface area contributed by atoms with Gasteiger partial charge in [0, 0.05) is 25.2 Å².